The van der Waals surface area contributed by atoms with Crippen LogP contribution in [0.3, 0.4) is 0 Å². The highest BCUT2D eigenvalue weighted by atomic mass is 35.5. The molecule has 2 aromatic rings. The van der Waals surface area contributed by atoms with Crippen molar-refractivity contribution in [3.63, 3.8) is 0 Å². The van der Waals surface area contributed by atoms with Crippen LogP contribution in [0.2, 0.25) is 5.02 Å². The van der Waals surface area contributed by atoms with Crippen molar-refractivity contribution >= 4 is 17.4 Å². The van der Waals surface area contributed by atoms with Crippen molar-refractivity contribution < 1.29 is 0 Å². The first kappa shape index (κ1) is 15.3. The summed E-state index contributed by atoms with van der Waals surface area (Å²) in [5.74, 6) is 0.600. The van der Waals surface area contributed by atoms with Crippen LogP contribution >= 0.6 is 11.6 Å². The summed E-state index contributed by atoms with van der Waals surface area (Å²) in [6.45, 7) is 5.81. The van der Waals surface area contributed by atoms with Gasteiger partial charge in [-0.25, -0.2) is 0 Å². The molecular formula is C16H17ClN4. The maximum atomic E-state index is 9.40. The Hall–Kier alpha value is -2.12. The lowest BCUT2D eigenvalue weighted by molar-refractivity contribution is 0.715. The van der Waals surface area contributed by atoms with E-state index in [1.807, 2.05) is 50.1 Å². The molecule has 0 radical (unpaired) electrons. The molecule has 108 valence electrons. The van der Waals surface area contributed by atoms with Gasteiger partial charge in [0.1, 0.15) is 11.6 Å². The summed E-state index contributed by atoms with van der Waals surface area (Å²) >= 11 is 5.92. The average molecular weight is 301 g/mol. The van der Waals surface area contributed by atoms with E-state index < -0.39 is 0 Å². The quantitative estimate of drug-likeness (QED) is 0.865. The number of hydrogen-bond acceptors (Lipinski definition) is 4. The number of rotatable bonds is 3. The Labute approximate surface area is 130 Å². The molecule has 21 heavy (non-hydrogen) atoms. The highest BCUT2D eigenvalue weighted by Crippen LogP contribution is 2.28. The topological polar surface area (TPSA) is 52.8 Å². The van der Waals surface area contributed by atoms with Gasteiger partial charge in [-0.1, -0.05) is 23.7 Å². The van der Waals surface area contributed by atoms with Gasteiger partial charge in [0.25, 0.3) is 0 Å². The number of nitrogens with zero attached hydrogens (tertiary/aromatic N) is 4. The van der Waals surface area contributed by atoms with Crippen LogP contribution < -0.4 is 4.90 Å². The van der Waals surface area contributed by atoms with E-state index >= 15 is 0 Å². The molecule has 0 N–H and O–H groups in total. The van der Waals surface area contributed by atoms with Crippen LogP contribution in [0, 0.1) is 25.2 Å². The van der Waals surface area contributed by atoms with E-state index in [4.69, 9.17) is 11.6 Å². The third kappa shape index (κ3) is 2.98. The highest BCUT2D eigenvalue weighted by Gasteiger charge is 2.19. The molecule has 0 saturated carbocycles. The zero-order valence-corrected chi connectivity index (χ0v) is 13.3. The van der Waals surface area contributed by atoms with Gasteiger partial charge in [-0.15, -0.1) is 5.10 Å². The van der Waals surface area contributed by atoms with Crippen LogP contribution in [0.1, 0.15) is 35.3 Å². The fourth-order valence-corrected chi connectivity index (χ4v) is 2.25. The van der Waals surface area contributed by atoms with E-state index in [1.165, 1.54) is 0 Å². The van der Waals surface area contributed by atoms with E-state index in [2.05, 4.69) is 23.2 Å². The Morgan fingerprint density at radius 3 is 2.38 bits per heavy atom. The monoisotopic (exact) mass is 300 g/mol. The Morgan fingerprint density at radius 1 is 1.19 bits per heavy atom. The molecule has 0 saturated heterocycles. The number of halogens is 1. The average Bonchev–Trinajstić information content (AvgIpc) is 2.49. The van der Waals surface area contributed by atoms with Crippen molar-refractivity contribution in [3.05, 3.63) is 51.7 Å². The molecule has 0 aliphatic rings. The van der Waals surface area contributed by atoms with E-state index in [1.54, 1.807) is 0 Å². The Morgan fingerprint density at radius 2 is 1.81 bits per heavy atom. The van der Waals surface area contributed by atoms with Crippen molar-refractivity contribution in [1.82, 2.24) is 10.2 Å². The van der Waals surface area contributed by atoms with E-state index in [0.29, 0.717) is 16.4 Å². The molecule has 0 bridgehead atoms. The summed E-state index contributed by atoms with van der Waals surface area (Å²) in [5.41, 5.74) is 3.33. The number of aromatic nitrogens is 2. The zero-order valence-electron chi connectivity index (χ0n) is 12.6. The predicted octanol–water partition coefficient (Wildman–Crippen LogP) is 3.82. The normalized spacial score (nSPS) is 11.8. The molecule has 1 aromatic heterocycles. The number of benzene rings is 1. The van der Waals surface area contributed by atoms with Gasteiger partial charge < -0.3 is 4.90 Å². The van der Waals surface area contributed by atoms with E-state index in [-0.39, 0.29) is 6.04 Å². The molecule has 0 spiro atoms. The van der Waals surface area contributed by atoms with Crippen LogP contribution in [-0.4, -0.2) is 17.2 Å². The minimum absolute atomic E-state index is 0.0609. The third-order valence-electron chi connectivity index (χ3n) is 3.82. The molecule has 1 heterocycles. The molecule has 4 nitrogen and oxygen atoms in total. The maximum Gasteiger partial charge on any atom is 0.169 e. The molecule has 0 fully saturated rings. The van der Waals surface area contributed by atoms with Crippen LogP contribution in [0.5, 0.6) is 0 Å². The summed E-state index contributed by atoms with van der Waals surface area (Å²) in [5, 5.41) is 18.4. The second-order valence-electron chi connectivity index (χ2n) is 5.06. The molecule has 2 rings (SSSR count). The van der Waals surface area contributed by atoms with E-state index in [9.17, 15) is 5.26 Å². The highest BCUT2D eigenvalue weighted by molar-refractivity contribution is 6.30. The summed E-state index contributed by atoms with van der Waals surface area (Å²) in [6.07, 6.45) is 0. The van der Waals surface area contributed by atoms with Crippen molar-refractivity contribution in [3.8, 4) is 6.07 Å². The largest absolute Gasteiger partial charge is 0.350 e. The third-order valence-corrected chi connectivity index (χ3v) is 4.07. The smallest absolute Gasteiger partial charge is 0.169 e. The first-order valence-electron chi connectivity index (χ1n) is 6.68. The minimum atomic E-state index is 0.0609. The SMILES string of the molecule is Cc1nnc(N(C)C(C)c2ccc(Cl)cc2)c(C#N)c1C. The second kappa shape index (κ2) is 6.11. The molecule has 1 aromatic carbocycles. The predicted molar refractivity (Wildman–Crippen MR) is 84.5 cm³/mol. The zero-order chi connectivity index (χ0) is 15.6. The number of anilines is 1. The fraction of sp³-hybridized carbons (Fsp3) is 0.312. The summed E-state index contributed by atoms with van der Waals surface area (Å²) in [6, 6.07) is 9.97. The van der Waals surface area contributed by atoms with Crippen LogP contribution in [0.15, 0.2) is 24.3 Å². The molecule has 1 atom stereocenters. The van der Waals surface area contributed by atoms with Crippen molar-refractivity contribution in [1.29, 1.82) is 5.26 Å². The lowest BCUT2D eigenvalue weighted by Gasteiger charge is -2.27. The van der Waals surface area contributed by atoms with Crippen LogP contribution in [0.4, 0.5) is 5.82 Å². The van der Waals surface area contributed by atoms with Gasteiger partial charge >= 0.3 is 0 Å². The number of hydrogen-bond donors (Lipinski definition) is 0. The maximum absolute atomic E-state index is 9.40. The molecule has 1 unspecified atom stereocenters. The number of aryl methyl sites for hydroxylation is 1. The Bertz CT molecular complexity index is 689. The van der Waals surface area contributed by atoms with E-state index in [0.717, 1.165) is 16.8 Å². The standard InChI is InChI=1S/C16H17ClN4/c1-10-11(2)19-20-16(15(10)9-18)21(4)12(3)13-5-7-14(17)8-6-13/h5-8,12H,1-4H3. The van der Waals surface area contributed by atoms with Crippen molar-refractivity contribution in [2.75, 3.05) is 11.9 Å². The van der Waals surface area contributed by atoms with Gasteiger partial charge in [0.05, 0.1) is 11.7 Å². The summed E-state index contributed by atoms with van der Waals surface area (Å²) in [4.78, 5) is 1.96. The molecule has 0 amide bonds. The second-order valence-corrected chi connectivity index (χ2v) is 5.50. The van der Waals surface area contributed by atoms with Gasteiger partial charge in [-0.05, 0) is 44.0 Å². The lowest BCUT2D eigenvalue weighted by Crippen LogP contribution is -2.24. The minimum Gasteiger partial charge on any atom is -0.350 e. The molecule has 0 aliphatic heterocycles. The summed E-state index contributed by atoms with van der Waals surface area (Å²) < 4.78 is 0. The fourth-order valence-electron chi connectivity index (χ4n) is 2.13. The molecule has 5 heteroatoms. The van der Waals surface area contributed by atoms with Gasteiger partial charge in [0.2, 0.25) is 0 Å². The van der Waals surface area contributed by atoms with Crippen LogP contribution in [-0.2, 0) is 0 Å². The number of nitriles is 1. The molecule has 0 aliphatic carbocycles. The first-order valence-corrected chi connectivity index (χ1v) is 7.05. The van der Waals surface area contributed by atoms with Crippen molar-refractivity contribution in [2.24, 2.45) is 0 Å². The van der Waals surface area contributed by atoms with Crippen LogP contribution in [0.25, 0.3) is 0 Å². The van der Waals surface area contributed by atoms with Crippen molar-refractivity contribution in [2.45, 2.75) is 26.8 Å². The van der Waals surface area contributed by atoms with Gasteiger partial charge in [0, 0.05) is 12.1 Å². The van der Waals surface area contributed by atoms with Gasteiger partial charge in [-0.2, -0.15) is 10.4 Å². The molecular weight excluding hydrogens is 284 g/mol. The van der Waals surface area contributed by atoms with Gasteiger partial charge in [0.15, 0.2) is 5.82 Å². The first-order chi connectivity index (χ1) is 9.95. The Kier molecular flexibility index (Phi) is 4.44. The Balaban J connectivity index is 2.40. The van der Waals surface area contributed by atoms with Gasteiger partial charge in [-0.3, -0.25) is 0 Å². The lowest BCUT2D eigenvalue weighted by atomic mass is 10.1. The summed E-state index contributed by atoms with van der Waals surface area (Å²) in [7, 11) is 1.92.